The average molecular weight is 240 g/mol. The molecule has 3 N–H and O–H groups in total. The smallest absolute Gasteiger partial charge is 0.404 e. The SMILES string of the molecule is O=C(O)N[C@H]1CC[C@@H](NC(=O)C2CCC2)CC1. The fraction of sp³-hybridized carbons (Fsp3) is 0.833. The van der Waals surface area contributed by atoms with E-state index in [0.717, 1.165) is 38.5 Å². The van der Waals surface area contributed by atoms with Gasteiger partial charge >= 0.3 is 6.09 Å². The van der Waals surface area contributed by atoms with E-state index in [9.17, 15) is 9.59 Å². The second-order valence-electron chi connectivity index (χ2n) is 5.13. The predicted octanol–water partition coefficient (Wildman–Crippen LogP) is 1.48. The van der Waals surface area contributed by atoms with Crippen LogP contribution in [0.1, 0.15) is 44.9 Å². The Bertz CT molecular complexity index is 294. The number of nitrogens with one attached hydrogen (secondary N) is 2. The molecule has 0 radical (unpaired) electrons. The van der Waals surface area contributed by atoms with Gasteiger partial charge in [0.2, 0.25) is 5.91 Å². The van der Waals surface area contributed by atoms with Crippen LogP contribution in [0.3, 0.4) is 0 Å². The topological polar surface area (TPSA) is 78.4 Å². The molecule has 0 heterocycles. The van der Waals surface area contributed by atoms with Gasteiger partial charge in [0.15, 0.2) is 0 Å². The van der Waals surface area contributed by atoms with Crippen molar-refractivity contribution in [2.45, 2.75) is 57.0 Å². The normalized spacial score (nSPS) is 29.2. The Hall–Kier alpha value is -1.26. The molecule has 0 aliphatic heterocycles. The van der Waals surface area contributed by atoms with Crippen molar-refractivity contribution < 1.29 is 14.7 Å². The summed E-state index contributed by atoms with van der Waals surface area (Å²) >= 11 is 0. The molecule has 0 aromatic rings. The van der Waals surface area contributed by atoms with Crippen LogP contribution in [-0.2, 0) is 4.79 Å². The third-order valence-corrected chi connectivity index (χ3v) is 3.88. The number of hydrogen-bond acceptors (Lipinski definition) is 2. The Morgan fingerprint density at radius 1 is 0.882 bits per heavy atom. The minimum atomic E-state index is -0.952. The Morgan fingerprint density at radius 3 is 1.82 bits per heavy atom. The number of hydrogen-bond donors (Lipinski definition) is 3. The summed E-state index contributed by atoms with van der Waals surface area (Å²) in [5.41, 5.74) is 0. The molecular formula is C12H20N2O3. The predicted molar refractivity (Wildman–Crippen MR) is 62.7 cm³/mol. The summed E-state index contributed by atoms with van der Waals surface area (Å²) in [4.78, 5) is 22.2. The van der Waals surface area contributed by atoms with Gasteiger partial charge in [-0.05, 0) is 38.5 Å². The van der Waals surface area contributed by atoms with Crippen LogP contribution in [-0.4, -0.2) is 29.2 Å². The van der Waals surface area contributed by atoms with Crippen molar-refractivity contribution in [3.05, 3.63) is 0 Å². The van der Waals surface area contributed by atoms with E-state index in [4.69, 9.17) is 5.11 Å². The lowest BCUT2D eigenvalue weighted by atomic mass is 9.84. The minimum absolute atomic E-state index is 0.0596. The monoisotopic (exact) mass is 240 g/mol. The summed E-state index contributed by atoms with van der Waals surface area (Å²) in [6.07, 6.45) is 5.68. The van der Waals surface area contributed by atoms with Crippen LogP contribution < -0.4 is 10.6 Å². The van der Waals surface area contributed by atoms with Gasteiger partial charge in [-0.1, -0.05) is 6.42 Å². The van der Waals surface area contributed by atoms with Crippen molar-refractivity contribution in [3.8, 4) is 0 Å². The average Bonchev–Trinajstić information content (AvgIpc) is 2.17. The molecule has 2 rings (SSSR count). The fourth-order valence-corrected chi connectivity index (χ4v) is 2.55. The van der Waals surface area contributed by atoms with Crippen molar-refractivity contribution in [3.63, 3.8) is 0 Å². The molecule has 0 atom stereocenters. The van der Waals surface area contributed by atoms with Gasteiger partial charge in [-0.25, -0.2) is 4.79 Å². The van der Waals surface area contributed by atoms with E-state index in [1.807, 2.05) is 0 Å². The second-order valence-corrected chi connectivity index (χ2v) is 5.13. The molecule has 2 aliphatic rings. The molecule has 0 spiro atoms. The van der Waals surface area contributed by atoms with Gasteiger partial charge in [-0.3, -0.25) is 4.79 Å². The third kappa shape index (κ3) is 3.35. The maximum Gasteiger partial charge on any atom is 0.404 e. The van der Waals surface area contributed by atoms with E-state index in [0.29, 0.717) is 0 Å². The van der Waals surface area contributed by atoms with E-state index in [2.05, 4.69) is 10.6 Å². The summed E-state index contributed by atoms with van der Waals surface area (Å²) in [6, 6.07) is 0.305. The van der Waals surface area contributed by atoms with Crippen molar-refractivity contribution in [2.75, 3.05) is 0 Å². The number of amides is 2. The molecule has 2 fully saturated rings. The molecule has 0 aromatic carbocycles. The first-order valence-electron chi connectivity index (χ1n) is 6.45. The molecule has 17 heavy (non-hydrogen) atoms. The summed E-state index contributed by atoms with van der Waals surface area (Å²) in [5, 5.41) is 14.2. The number of carboxylic acid groups (broad SMARTS) is 1. The zero-order valence-electron chi connectivity index (χ0n) is 9.95. The van der Waals surface area contributed by atoms with E-state index in [1.165, 1.54) is 6.42 Å². The molecule has 2 saturated carbocycles. The molecule has 5 nitrogen and oxygen atoms in total. The Morgan fingerprint density at radius 2 is 1.41 bits per heavy atom. The molecule has 0 aromatic heterocycles. The van der Waals surface area contributed by atoms with Crippen LogP contribution in [0.15, 0.2) is 0 Å². The third-order valence-electron chi connectivity index (χ3n) is 3.88. The second kappa shape index (κ2) is 5.38. The van der Waals surface area contributed by atoms with Gasteiger partial charge in [0, 0.05) is 18.0 Å². The lowest BCUT2D eigenvalue weighted by molar-refractivity contribution is -0.128. The Kier molecular flexibility index (Phi) is 3.86. The summed E-state index contributed by atoms with van der Waals surface area (Å²) in [6.45, 7) is 0. The van der Waals surface area contributed by atoms with Crippen molar-refractivity contribution in [2.24, 2.45) is 5.92 Å². The van der Waals surface area contributed by atoms with Crippen LogP contribution in [0.2, 0.25) is 0 Å². The Balaban J connectivity index is 1.68. The van der Waals surface area contributed by atoms with Crippen molar-refractivity contribution >= 4 is 12.0 Å². The minimum Gasteiger partial charge on any atom is -0.465 e. The summed E-state index contributed by atoms with van der Waals surface area (Å²) in [5.74, 6) is 0.441. The molecule has 5 heteroatoms. The van der Waals surface area contributed by atoms with Crippen molar-refractivity contribution in [1.82, 2.24) is 10.6 Å². The quantitative estimate of drug-likeness (QED) is 0.699. The van der Waals surface area contributed by atoms with Crippen LogP contribution in [0.5, 0.6) is 0 Å². The standard InChI is InChI=1S/C12H20N2O3/c15-11(8-2-1-3-8)13-9-4-6-10(7-5-9)14-12(16)17/h8-10,14H,1-7H2,(H,13,15)(H,16,17)/t9-,10+. The lowest BCUT2D eigenvalue weighted by Gasteiger charge is -2.31. The highest BCUT2D eigenvalue weighted by molar-refractivity contribution is 5.79. The Labute approximate surface area is 101 Å². The molecular weight excluding hydrogens is 220 g/mol. The molecule has 2 aliphatic carbocycles. The first-order valence-corrected chi connectivity index (χ1v) is 6.45. The van der Waals surface area contributed by atoms with Gasteiger partial charge in [-0.15, -0.1) is 0 Å². The zero-order valence-corrected chi connectivity index (χ0v) is 9.95. The number of rotatable bonds is 3. The largest absolute Gasteiger partial charge is 0.465 e. The summed E-state index contributed by atoms with van der Waals surface area (Å²) in [7, 11) is 0. The highest BCUT2D eigenvalue weighted by Gasteiger charge is 2.29. The van der Waals surface area contributed by atoms with E-state index in [-0.39, 0.29) is 23.9 Å². The van der Waals surface area contributed by atoms with Crippen LogP contribution >= 0.6 is 0 Å². The highest BCUT2D eigenvalue weighted by Crippen LogP contribution is 2.27. The number of carbonyl (C=O) groups excluding carboxylic acids is 1. The molecule has 96 valence electrons. The molecule has 0 bridgehead atoms. The fourth-order valence-electron chi connectivity index (χ4n) is 2.55. The van der Waals surface area contributed by atoms with E-state index < -0.39 is 6.09 Å². The van der Waals surface area contributed by atoms with Gasteiger partial charge < -0.3 is 15.7 Å². The molecule has 0 saturated heterocycles. The zero-order chi connectivity index (χ0) is 12.3. The maximum atomic E-state index is 11.7. The van der Waals surface area contributed by atoms with E-state index in [1.54, 1.807) is 0 Å². The van der Waals surface area contributed by atoms with Gasteiger partial charge in [-0.2, -0.15) is 0 Å². The number of carbonyl (C=O) groups is 2. The van der Waals surface area contributed by atoms with Gasteiger partial charge in [0.25, 0.3) is 0 Å². The first-order chi connectivity index (χ1) is 8.15. The van der Waals surface area contributed by atoms with Crippen LogP contribution in [0, 0.1) is 5.92 Å². The van der Waals surface area contributed by atoms with Gasteiger partial charge in [0.1, 0.15) is 0 Å². The summed E-state index contributed by atoms with van der Waals surface area (Å²) < 4.78 is 0. The van der Waals surface area contributed by atoms with Crippen molar-refractivity contribution in [1.29, 1.82) is 0 Å². The van der Waals surface area contributed by atoms with E-state index >= 15 is 0 Å². The van der Waals surface area contributed by atoms with Crippen LogP contribution in [0.4, 0.5) is 4.79 Å². The van der Waals surface area contributed by atoms with Gasteiger partial charge in [0.05, 0.1) is 0 Å². The lowest BCUT2D eigenvalue weighted by Crippen LogP contribution is -2.45. The molecule has 0 unspecified atom stereocenters. The molecule has 2 amide bonds. The maximum absolute atomic E-state index is 11.7. The highest BCUT2D eigenvalue weighted by atomic mass is 16.4. The van der Waals surface area contributed by atoms with Crippen LogP contribution in [0.25, 0.3) is 0 Å². The first kappa shape index (κ1) is 12.2.